The minimum atomic E-state index is 0.0742. The minimum Gasteiger partial charge on any atom is -0.458 e. The Balaban J connectivity index is 3.13. The predicted molar refractivity (Wildman–Crippen MR) is 40.9 cm³/mol. The first-order valence-corrected chi connectivity index (χ1v) is 3.26. The molecule has 0 spiro atoms. The van der Waals surface area contributed by atoms with Crippen LogP contribution in [0.25, 0.3) is 0 Å². The van der Waals surface area contributed by atoms with Crippen molar-refractivity contribution in [3.63, 3.8) is 0 Å². The molecule has 0 bridgehead atoms. The van der Waals surface area contributed by atoms with E-state index in [0.717, 1.165) is 0 Å². The first-order chi connectivity index (χ1) is 5.77. The van der Waals surface area contributed by atoms with Crippen molar-refractivity contribution < 1.29 is 4.74 Å². The highest BCUT2D eigenvalue weighted by atomic mass is 16.5. The summed E-state index contributed by atoms with van der Waals surface area (Å²) >= 11 is 0. The summed E-state index contributed by atoms with van der Waals surface area (Å²) in [6.45, 7) is 1.73. The quantitative estimate of drug-likeness (QED) is 0.501. The van der Waals surface area contributed by atoms with Gasteiger partial charge < -0.3 is 4.74 Å². The maximum Gasteiger partial charge on any atom is 0.170 e. The van der Waals surface area contributed by atoms with Crippen molar-refractivity contribution in [2.45, 2.75) is 6.92 Å². The van der Waals surface area contributed by atoms with Crippen LogP contribution in [0, 0.1) is 28.9 Å². The molecule has 57 valence electrons. The van der Waals surface area contributed by atoms with Gasteiger partial charge in [-0.15, -0.1) is 0 Å². The predicted octanol–water partition coefficient (Wildman–Crippen LogP) is 1.58. The molecule has 1 aliphatic heterocycles. The molecule has 0 aromatic carbocycles. The minimum absolute atomic E-state index is 0.0742. The van der Waals surface area contributed by atoms with Crippen LogP contribution in [-0.4, -0.2) is 0 Å². The van der Waals surface area contributed by atoms with Crippen LogP contribution in [0.1, 0.15) is 6.92 Å². The van der Waals surface area contributed by atoms with E-state index in [1.54, 1.807) is 25.1 Å². The van der Waals surface area contributed by atoms with Crippen LogP contribution in [0.3, 0.4) is 0 Å². The summed E-state index contributed by atoms with van der Waals surface area (Å²) in [7, 11) is 0. The van der Waals surface area contributed by atoms with Crippen molar-refractivity contribution in [1.29, 1.82) is 10.5 Å². The lowest BCUT2D eigenvalue weighted by molar-refractivity contribution is 0.323. The number of rotatable bonds is 0. The van der Waals surface area contributed by atoms with Gasteiger partial charge in [0.15, 0.2) is 6.26 Å². The van der Waals surface area contributed by atoms with Crippen molar-refractivity contribution in [2.24, 2.45) is 0 Å². The lowest BCUT2D eigenvalue weighted by Gasteiger charge is -2.04. The van der Waals surface area contributed by atoms with Gasteiger partial charge in [-0.2, -0.15) is 10.5 Å². The van der Waals surface area contributed by atoms with Crippen molar-refractivity contribution in [3.05, 3.63) is 35.3 Å². The van der Waals surface area contributed by atoms with Gasteiger partial charge in [-0.1, -0.05) is 0 Å². The highest BCUT2D eigenvalue weighted by Gasteiger charge is 2.05. The van der Waals surface area contributed by atoms with Crippen LogP contribution in [0.15, 0.2) is 29.1 Å². The molecule has 12 heavy (non-hydrogen) atoms. The molecule has 0 aromatic rings. The van der Waals surface area contributed by atoms with Gasteiger partial charge in [0.2, 0.25) is 0 Å². The molecule has 1 radical (unpaired) electrons. The SMILES string of the molecule is CC1=CC(=C(C#N)C#N)C=[C]O1. The third kappa shape index (κ3) is 1.53. The van der Waals surface area contributed by atoms with E-state index in [0.29, 0.717) is 11.3 Å². The monoisotopic (exact) mass is 157 g/mol. The molecule has 0 saturated carbocycles. The smallest absolute Gasteiger partial charge is 0.170 e. The third-order valence-corrected chi connectivity index (χ3v) is 1.31. The molecule has 0 saturated heterocycles. The molecule has 0 amide bonds. The fraction of sp³-hybridized carbons (Fsp3) is 0.111. The molecule has 3 nitrogen and oxygen atoms in total. The normalized spacial score (nSPS) is 13.9. The maximum absolute atomic E-state index is 8.52. The van der Waals surface area contributed by atoms with E-state index in [1.807, 2.05) is 0 Å². The highest BCUT2D eigenvalue weighted by molar-refractivity contribution is 5.50. The lowest BCUT2D eigenvalue weighted by Crippen LogP contribution is -1.91. The van der Waals surface area contributed by atoms with Crippen LogP contribution >= 0.6 is 0 Å². The average molecular weight is 157 g/mol. The topological polar surface area (TPSA) is 56.8 Å². The summed E-state index contributed by atoms with van der Waals surface area (Å²) in [5, 5.41) is 17.0. The number of hydrogen-bond donors (Lipinski definition) is 0. The Bertz CT molecular complexity index is 345. The number of hydrogen-bond acceptors (Lipinski definition) is 3. The van der Waals surface area contributed by atoms with E-state index in [4.69, 9.17) is 15.3 Å². The Morgan fingerprint density at radius 3 is 2.67 bits per heavy atom. The largest absolute Gasteiger partial charge is 0.458 e. The van der Waals surface area contributed by atoms with Gasteiger partial charge in [-0.3, -0.25) is 0 Å². The van der Waals surface area contributed by atoms with Gasteiger partial charge in [0.05, 0.1) is 0 Å². The van der Waals surface area contributed by atoms with Crippen LogP contribution < -0.4 is 0 Å². The van der Waals surface area contributed by atoms with E-state index >= 15 is 0 Å². The Kier molecular flexibility index (Phi) is 2.30. The molecule has 0 N–H and O–H groups in total. The number of ether oxygens (including phenoxy) is 1. The molecule has 1 rings (SSSR count). The zero-order chi connectivity index (χ0) is 8.97. The number of nitrogens with zero attached hydrogens (tertiary/aromatic N) is 2. The lowest BCUT2D eigenvalue weighted by atomic mass is 10.1. The van der Waals surface area contributed by atoms with E-state index in [9.17, 15) is 0 Å². The van der Waals surface area contributed by atoms with Crippen molar-refractivity contribution in [3.8, 4) is 12.1 Å². The van der Waals surface area contributed by atoms with Gasteiger partial charge in [0, 0.05) is 5.57 Å². The highest BCUT2D eigenvalue weighted by Crippen LogP contribution is 2.14. The second-order valence-electron chi connectivity index (χ2n) is 2.17. The molecular weight excluding hydrogens is 152 g/mol. The average Bonchev–Trinajstić information content (AvgIpc) is 2.07. The molecule has 0 aliphatic carbocycles. The fourth-order valence-electron chi connectivity index (χ4n) is 0.774. The van der Waals surface area contributed by atoms with Gasteiger partial charge in [-0.25, -0.2) is 0 Å². The zero-order valence-electron chi connectivity index (χ0n) is 6.46. The molecule has 0 unspecified atom stereocenters. The van der Waals surface area contributed by atoms with Crippen LogP contribution in [0.5, 0.6) is 0 Å². The summed E-state index contributed by atoms with van der Waals surface area (Å²) in [4.78, 5) is 0. The Morgan fingerprint density at radius 2 is 2.17 bits per heavy atom. The summed E-state index contributed by atoms with van der Waals surface area (Å²) in [6, 6.07) is 3.58. The van der Waals surface area contributed by atoms with Crippen molar-refractivity contribution >= 4 is 0 Å². The summed E-state index contributed by atoms with van der Waals surface area (Å²) in [6.07, 6.45) is 5.57. The molecular formula is C9H5N2O. The van der Waals surface area contributed by atoms with E-state index in [1.165, 1.54) is 6.08 Å². The summed E-state index contributed by atoms with van der Waals surface area (Å²) in [5.41, 5.74) is 0.619. The molecule has 0 fully saturated rings. The molecule has 0 atom stereocenters. The summed E-state index contributed by atoms with van der Waals surface area (Å²) < 4.78 is 4.85. The van der Waals surface area contributed by atoms with Gasteiger partial charge in [-0.05, 0) is 19.1 Å². The first kappa shape index (κ1) is 8.10. The first-order valence-electron chi connectivity index (χ1n) is 3.26. The molecule has 0 aromatic heterocycles. The van der Waals surface area contributed by atoms with E-state index in [2.05, 4.69) is 6.26 Å². The Morgan fingerprint density at radius 1 is 1.50 bits per heavy atom. The molecule has 3 heteroatoms. The maximum atomic E-state index is 8.52. The molecule has 1 aliphatic rings. The van der Waals surface area contributed by atoms with Crippen LogP contribution in [0.4, 0.5) is 0 Å². The zero-order valence-corrected chi connectivity index (χ0v) is 6.46. The fourth-order valence-corrected chi connectivity index (χ4v) is 0.774. The van der Waals surface area contributed by atoms with Gasteiger partial charge >= 0.3 is 0 Å². The van der Waals surface area contributed by atoms with Crippen molar-refractivity contribution in [2.75, 3.05) is 0 Å². The van der Waals surface area contributed by atoms with Crippen LogP contribution in [-0.2, 0) is 4.74 Å². The Labute approximate surface area is 70.5 Å². The second-order valence-corrected chi connectivity index (χ2v) is 2.17. The Hall–Kier alpha value is -2.00. The number of allylic oxidation sites excluding steroid dienone is 5. The van der Waals surface area contributed by atoms with Gasteiger partial charge in [0.25, 0.3) is 0 Å². The van der Waals surface area contributed by atoms with E-state index < -0.39 is 0 Å². The second kappa shape index (κ2) is 3.41. The van der Waals surface area contributed by atoms with Crippen LogP contribution in [0.2, 0.25) is 0 Å². The van der Waals surface area contributed by atoms with Crippen molar-refractivity contribution in [1.82, 2.24) is 0 Å². The van der Waals surface area contributed by atoms with Gasteiger partial charge in [0.1, 0.15) is 23.5 Å². The number of nitriles is 2. The summed E-state index contributed by atoms with van der Waals surface area (Å²) in [5.74, 6) is 0.621. The van der Waals surface area contributed by atoms with E-state index in [-0.39, 0.29) is 5.57 Å². The standard InChI is InChI=1S/C9H5N2O/c1-7-4-8(2-3-12-7)9(5-10)6-11/h2,4H,1H3. The molecule has 1 heterocycles. The third-order valence-electron chi connectivity index (χ3n) is 1.31.